The molecule has 0 N–H and O–H groups in total. The van der Waals surface area contributed by atoms with Crippen molar-refractivity contribution in [3.8, 4) is 0 Å². The zero-order chi connectivity index (χ0) is 16.8. The van der Waals surface area contributed by atoms with Gasteiger partial charge in [-0.3, -0.25) is 0 Å². The number of aryl methyl sites for hydroxylation is 1. The third-order valence-corrected chi connectivity index (χ3v) is 7.05. The first-order valence-electron chi connectivity index (χ1n) is 7.92. The van der Waals surface area contributed by atoms with Crippen molar-refractivity contribution in [3.05, 3.63) is 96.1 Å². The second kappa shape index (κ2) is 8.39. The van der Waals surface area contributed by atoms with E-state index in [2.05, 4.69) is 86.3 Å². The first kappa shape index (κ1) is 17.1. The molecule has 0 aromatic heterocycles. The molecule has 0 aliphatic heterocycles. The van der Waals surface area contributed by atoms with E-state index < -0.39 is 0 Å². The van der Waals surface area contributed by atoms with Gasteiger partial charge in [0.05, 0.1) is 0 Å². The van der Waals surface area contributed by atoms with Crippen LogP contribution in [0.3, 0.4) is 0 Å². The second-order valence-corrected chi connectivity index (χ2v) is 8.98. The van der Waals surface area contributed by atoms with E-state index in [0.29, 0.717) is 15.0 Å². The van der Waals surface area contributed by atoms with Gasteiger partial charge in [0, 0.05) is 0 Å². The standard InChI is InChI=1S/C22H20SSe/c1-3-19-12-11-18(16-23-20-13-9-17(2)10-14-20)15-22(19)24-21-7-5-4-6-8-21/h3-15H,1,16H2,2H3. The molecule has 3 rings (SSSR count). The third-order valence-electron chi connectivity index (χ3n) is 3.70. The van der Waals surface area contributed by atoms with Crippen molar-refractivity contribution in [1.82, 2.24) is 0 Å². The summed E-state index contributed by atoms with van der Waals surface area (Å²) in [7, 11) is 0. The number of benzene rings is 3. The Morgan fingerprint density at radius 3 is 2.42 bits per heavy atom. The van der Waals surface area contributed by atoms with Crippen LogP contribution in [0, 0.1) is 6.92 Å². The van der Waals surface area contributed by atoms with Crippen LogP contribution in [0.2, 0.25) is 0 Å². The summed E-state index contributed by atoms with van der Waals surface area (Å²) < 4.78 is 2.81. The monoisotopic (exact) mass is 396 g/mol. The van der Waals surface area contributed by atoms with Gasteiger partial charge in [-0.15, -0.1) is 0 Å². The van der Waals surface area contributed by atoms with Crippen LogP contribution in [0.5, 0.6) is 0 Å². The van der Waals surface area contributed by atoms with Crippen LogP contribution >= 0.6 is 11.8 Å². The van der Waals surface area contributed by atoms with E-state index in [1.165, 1.54) is 30.5 Å². The van der Waals surface area contributed by atoms with Crippen molar-refractivity contribution >= 4 is 41.7 Å². The topological polar surface area (TPSA) is 0 Å². The van der Waals surface area contributed by atoms with E-state index >= 15 is 0 Å². The number of thioether (sulfide) groups is 1. The molecule has 0 nitrogen and oxygen atoms in total. The zero-order valence-corrected chi connectivity index (χ0v) is 16.3. The molecule has 0 heterocycles. The number of hydrogen-bond donors (Lipinski definition) is 0. The maximum absolute atomic E-state index is 3.97. The molecule has 0 saturated heterocycles. The zero-order valence-electron chi connectivity index (χ0n) is 13.7. The second-order valence-electron chi connectivity index (χ2n) is 5.59. The summed E-state index contributed by atoms with van der Waals surface area (Å²) in [5, 5.41) is 0. The Balaban J connectivity index is 1.75. The minimum atomic E-state index is 0.315. The molecular formula is C22H20SSe. The maximum atomic E-state index is 3.97. The Hall–Kier alpha value is -1.73. The van der Waals surface area contributed by atoms with Crippen molar-refractivity contribution in [2.75, 3.05) is 0 Å². The molecule has 0 bridgehead atoms. The van der Waals surface area contributed by atoms with Gasteiger partial charge in [-0.25, -0.2) is 0 Å². The summed E-state index contributed by atoms with van der Waals surface area (Å²) in [6.45, 7) is 6.09. The van der Waals surface area contributed by atoms with E-state index in [-0.39, 0.29) is 0 Å². The van der Waals surface area contributed by atoms with E-state index in [1.807, 2.05) is 17.8 Å². The number of hydrogen-bond acceptors (Lipinski definition) is 1. The van der Waals surface area contributed by atoms with Crippen LogP contribution in [0.4, 0.5) is 0 Å². The Bertz CT molecular complexity index is 807. The van der Waals surface area contributed by atoms with Crippen LogP contribution in [0.1, 0.15) is 16.7 Å². The van der Waals surface area contributed by atoms with Gasteiger partial charge in [0.2, 0.25) is 0 Å². The summed E-state index contributed by atoms with van der Waals surface area (Å²) in [6.07, 6.45) is 1.97. The fraction of sp³-hybridized carbons (Fsp3) is 0.0909. The molecule has 0 amide bonds. The molecular weight excluding hydrogens is 375 g/mol. The van der Waals surface area contributed by atoms with E-state index in [9.17, 15) is 0 Å². The summed E-state index contributed by atoms with van der Waals surface area (Å²) >= 11 is 2.21. The average molecular weight is 395 g/mol. The molecule has 2 heteroatoms. The summed E-state index contributed by atoms with van der Waals surface area (Å²) in [4.78, 5) is 1.32. The fourth-order valence-electron chi connectivity index (χ4n) is 2.34. The first-order valence-corrected chi connectivity index (χ1v) is 10.6. The Morgan fingerprint density at radius 1 is 0.958 bits per heavy atom. The quantitative estimate of drug-likeness (QED) is 0.435. The van der Waals surface area contributed by atoms with Crippen molar-refractivity contribution in [2.24, 2.45) is 0 Å². The van der Waals surface area contributed by atoms with Crippen LogP contribution in [-0.2, 0) is 5.75 Å². The van der Waals surface area contributed by atoms with E-state index in [0.717, 1.165) is 5.75 Å². The Kier molecular flexibility index (Phi) is 5.98. The van der Waals surface area contributed by atoms with E-state index in [4.69, 9.17) is 0 Å². The SMILES string of the molecule is C=Cc1ccc(CSc2ccc(C)cc2)cc1[Se]c1ccccc1. The molecule has 120 valence electrons. The molecule has 0 unspecified atom stereocenters. The van der Waals surface area contributed by atoms with Crippen molar-refractivity contribution in [2.45, 2.75) is 17.6 Å². The summed E-state index contributed by atoms with van der Waals surface area (Å²) in [5.41, 5.74) is 3.93. The van der Waals surface area contributed by atoms with Gasteiger partial charge in [0.15, 0.2) is 0 Å². The van der Waals surface area contributed by atoms with Gasteiger partial charge >= 0.3 is 155 Å². The van der Waals surface area contributed by atoms with Gasteiger partial charge in [-0.05, 0) is 0 Å². The Morgan fingerprint density at radius 2 is 1.71 bits per heavy atom. The van der Waals surface area contributed by atoms with Crippen molar-refractivity contribution in [1.29, 1.82) is 0 Å². The molecule has 0 atom stereocenters. The predicted octanol–water partition coefficient (Wildman–Crippen LogP) is 4.59. The molecule has 0 spiro atoms. The van der Waals surface area contributed by atoms with Crippen LogP contribution in [-0.4, -0.2) is 15.0 Å². The average Bonchev–Trinajstić information content (AvgIpc) is 2.62. The molecule has 0 radical (unpaired) electrons. The molecule has 0 saturated carbocycles. The molecule has 0 aliphatic carbocycles. The van der Waals surface area contributed by atoms with Crippen LogP contribution in [0.15, 0.2) is 84.3 Å². The van der Waals surface area contributed by atoms with Crippen LogP contribution < -0.4 is 8.92 Å². The summed E-state index contributed by atoms with van der Waals surface area (Å²) in [5.74, 6) is 0.998. The third kappa shape index (κ3) is 4.64. The molecule has 0 aliphatic rings. The van der Waals surface area contributed by atoms with E-state index in [1.54, 1.807) is 0 Å². The fourth-order valence-corrected chi connectivity index (χ4v) is 5.34. The van der Waals surface area contributed by atoms with Gasteiger partial charge in [-0.2, -0.15) is 0 Å². The van der Waals surface area contributed by atoms with Crippen LogP contribution in [0.25, 0.3) is 6.08 Å². The normalized spacial score (nSPS) is 10.5. The Labute approximate surface area is 155 Å². The molecule has 0 fully saturated rings. The molecule has 3 aromatic rings. The minimum absolute atomic E-state index is 0.315. The van der Waals surface area contributed by atoms with Gasteiger partial charge in [0.1, 0.15) is 0 Å². The first-order chi connectivity index (χ1) is 11.7. The molecule has 24 heavy (non-hydrogen) atoms. The van der Waals surface area contributed by atoms with Crippen molar-refractivity contribution < 1.29 is 0 Å². The number of rotatable bonds is 6. The summed E-state index contributed by atoms with van der Waals surface area (Å²) in [6, 6.07) is 26.2. The predicted molar refractivity (Wildman–Crippen MR) is 109 cm³/mol. The van der Waals surface area contributed by atoms with Gasteiger partial charge in [-0.1, -0.05) is 0 Å². The van der Waals surface area contributed by atoms with Gasteiger partial charge < -0.3 is 0 Å². The van der Waals surface area contributed by atoms with Gasteiger partial charge in [0.25, 0.3) is 0 Å². The van der Waals surface area contributed by atoms with Crippen molar-refractivity contribution in [3.63, 3.8) is 0 Å². The molecule has 3 aromatic carbocycles.